The van der Waals surface area contributed by atoms with Crippen LogP contribution in [0.5, 0.6) is 5.88 Å². The van der Waals surface area contributed by atoms with Crippen LogP contribution in [0, 0.1) is 0 Å². The van der Waals surface area contributed by atoms with Crippen molar-refractivity contribution >= 4 is 23.6 Å². The first-order chi connectivity index (χ1) is 14.5. The molecule has 7 nitrogen and oxygen atoms in total. The number of cyclic esters (lactones) is 1. The molecule has 2 aliphatic rings. The van der Waals surface area contributed by atoms with E-state index in [0.29, 0.717) is 37.4 Å². The molecule has 1 aromatic heterocycles. The third kappa shape index (κ3) is 3.94. The zero-order chi connectivity index (χ0) is 21.3. The quantitative estimate of drug-likeness (QED) is 0.688. The Bertz CT molecular complexity index is 931. The lowest BCUT2D eigenvalue weighted by Crippen LogP contribution is -2.49. The van der Waals surface area contributed by atoms with Gasteiger partial charge in [0, 0.05) is 30.8 Å². The van der Waals surface area contributed by atoms with Crippen molar-refractivity contribution in [1.82, 2.24) is 14.8 Å². The van der Waals surface area contributed by atoms with E-state index in [4.69, 9.17) is 21.1 Å². The van der Waals surface area contributed by atoms with E-state index in [-0.39, 0.29) is 35.3 Å². The third-order valence-electron chi connectivity index (χ3n) is 5.82. The largest absolute Gasteiger partial charge is 0.481 e. The summed E-state index contributed by atoms with van der Waals surface area (Å²) in [5, 5.41) is 0.216. The fraction of sp³-hybridized carbons (Fsp3) is 0.409. The standard InChI is InChI=1S/C22H24ClN3O4/c1-14-20(15-6-4-3-5-7-15)30-22(28)26(14)17-8-10-25(11-9-17)21(27)16-12-18(23)24-19(13-16)29-2/h3-7,12-14,17,20H,8-11H2,1-2H3. The van der Waals surface area contributed by atoms with Gasteiger partial charge in [-0.05, 0) is 31.4 Å². The second kappa shape index (κ2) is 8.52. The number of carbonyl (C=O) groups excluding carboxylic acids is 2. The van der Waals surface area contributed by atoms with Gasteiger partial charge in [-0.1, -0.05) is 41.9 Å². The molecule has 0 aliphatic carbocycles. The van der Waals surface area contributed by atoms with Crippen molar-refractivity contribution in [2.24, 2.45) is 0 Å². The van der Waals surface area contributed by atoms with Crippen molar-refractivity contribution in [2.75, 3.05) is 20.2 Å². The van der Waals surface area contributed by atoms with Gasteiger partial charge in [0.2, 0.25) is 5.88 Å². The molecule has 0 spiro atoms. The summed E-state index contributed by atoms with van der Waals surface area (Å²) in [7, 11) is 1.48. The van der Waals surface area contributed by atoms with Crippen LogP contribution in [0.15, 0.2) is 42.5 Å². The summed E-state index contributed by atoms with van der Waals surface area (Å²) in [6.07, 6.45) is 0.835. The fourth-order valence-electron chi connectivity index (χ4n) is 4.28. The van der Waals surface area contributed by atoms with Crippen LogP contribution in [-0.2, 0) is 4.74 Å². The maximum absolute atomic E-state index is 12.9. The number of aromatic nitrogens is 1. The molecule has 2 unspecified atom stereocenters. The molecule has 158 valence electrons. The van der Waals surface area contributed by atoms with E-state index in [1.54, 1.807) is 17.0 Å². The first-order valence-electron chi connectivity index (χ1n) is 10.0. The number of hydrogen-bond acceptors (Lipinski definition) is 5. The number of piperidine rings is 1. The Hall–Kier alpha value is -2.80. The highest BCUT2D eigenvalue weighted by Crippen LogP contribution is 2.36. The Labute approximate surface area is 180 Å². The van der Waals surface area contributed by atoms with E-state index in [1.807, 2.05) is 42.2 Å². The zero-order valence-corrected chi connectivity index (χ0v) is 17.7. The molecule has 2 fully saturated rings. The highest BCUT2D eigenvalue weighted by molar-refractivity contribution is 6.29. The van der Waals surface area contributed by atoms with Crippen molar-refractivity contribution in [3.8, 4) is 5.88 Å². The van der Waals surface area contributed by atoms with Gasteiger partial charge in [0.1, 0.15) is 11.3 Å². The Balaban J connectivity index is 1.41. The topological polar surface area (TPSA) is 72.0 Å². The monoisotopic (exact) mass is 429 g/mol. The van der Waals surface area contributed by atoms with E-state index in [2.05, 4.69) is 4.98 Å². The number of pyridine rings is 1. The molecule has 2 saturated heterocycles. The van der Waals surface area contributed by atoms with Crippen LogP contribution in [0.2, 0.25) is 5.15 Å². The molecule has 8 heteroatoms. The van der Waals surface area contributed by atoms with Gasteiger partial charge in [-0.3, -0.25) is 9.69 Å². The average molecular weight is 430 g/mol. The van der Waals surface area contributed by atoms with Crippen LogP contribution in [0.3, 0.4) is 0 Å². The van der Waals surface area contributed by atoms with Crippen molar-refractivity contribution in [1.29, 1.82) is 0 Å². The van der Waals surface area contributed by atoms with Gasteiger partial charge >= 0.3 is 6.09 Å². The minimum absolute atomic E-state index is 0.0424. The maximum atomic E-state index is 12.9. The molecule has 0 saturated carbocycles. The summed E-state index contributed by atoms with van der Waals surface area (Å²) in [6.45, 7) is 3.13. The molecular weight excluding hydrogens is 406 g/mol. The van der Waals surface area contributed by atoms with Crippen LogP contribution >= 0.6 is 11.6 Å². The molecule has 0 N–H and O–H groups in total. The second-order valence-corrected chi connectivity index (χ2v) is 7.99. The van der Waals surface area contributed by atoms with Gasteiger partial charge in [-0.25, -0.2) is 9.78 Å². The number of halogens is 1. The van der Waals surface area contributed by atoms with Gasteiger partial charge in [0.05, 0.1) is 13.2 Å². The lowest BCUT2D eigenvalue weighted by Gasteiger charge is -2.37. The van der Waals surface area contributed by atoms with Crippen LogP contribution in [0.25, 0.3) is 0 Å². The fourth-order valence-corrected chi connectivity index (χ4v) is 4.48. The number of methoxy groups -OCH3 is 1. The van der Waals surface area contributed by atoms with Crippen LogP contribution in [0.4, 0.5) is 4.79 Å². The minimum Gasteiger partial charge on any atom is -0.481 e. The molecule has 1 aromatic carbocycles. The number of likely N-dealkylation sites (tertiary alicyclic amines) is 1. The first kappa shape index (κ1) is 20.5. The number of rotatable bonds is 4. The Morgan fingerprint density at radius 2 is 1.90 bits per heavy atom. The molecule has 0 radical (unpaired) electrons. The summed E-state index contributed by atoms with van der Waals surface area (Å²) in [4.78, 5) is 33.1. The van der Waals surface area contributed by atoms with Gasteiger partial charge in [0.15, 0.2) is 0 Å². The Morgan fingerprint density at radius 1 is 1.20 bits per heavy atom. The summed E-state index contributed by atoms with van der Waals surface area (Å²) >= 11 is 6.00. The highest BCUT2D eigenvalue weighted by Gasteiger charge is 2.44. The molecule has 2 aromatic rings. The summed E-state index contributed by atoms with van der Waals surface area (Å²) in [5.74, 6) is 0.191. The zero-order valence-electron chi connectivity index (χ0n) is 17.0. The summed E-state index contributed by atoms with van der Waals surface area (Å²) in [6, 6.07) is 12.9. The second-order valence-electron chi connectivity index (χ2n) is 7.61. The lowest BCUT2D eigenvalue weighted by molar-refractivity contribution is 0.0640. The minimum atomic E-state index is -0.285. The number of ether oxygens (including phenoxy) is 2. The maximum Gasteiger partial charge on any atom is 0.411 e. The van der Waals surface area contributed by atoms with Crippen molar-refractivity contribution in [3.05, 3.63) is 58.7 Å². The van der Waals surface area contributed by atoms with E-state index >= 15 is 0 Å². The summed E-state index contributed by atoms with van der Waals surface area (Å²) in [5.41, 5.74) is 1.44. The molecule has 2 aliphatic heterocycles. The van der Waals surface area contributed by atoms with E-state index in [1.165, 1.54) is 7.11 Å². The first-order valence-corrected chi connectivity index (χ1v) is 10.4. The predicted molar refractivity (Wildman–Crippen MR) is 112 cm³/mol. The van der Waals surface area contributed by atoms with Gasteiger partial charge in [0.25, 0.3) is 5.91 Å². The molecule has 2 amide bonds. The van der Waals surface area contributed by atoms with Crippen LogP contribution in [-0.4, -0.2) is 59.1 Å². The van der Waals surface area contributed by atoms with Crippen LogP contribution in [0.1, 0.15) is 41.8 Å². The molecule has 30 heavy (non-hydrogen) atoms. The van der Waals surface area contributed by atoms with Gasteiger partial charge in [-0.15, -0.1) is 0 Å². The number of nitrogens with zero attached hydrogens (tertiary/aromatic N) is 3. The van der Waals surface area contributed by atoms with Crippen molar-refractivity contribution < 1.29 is 19.1 Å². The number of amides is 2. The molecule has 2 atom stereocenters. The molecular formula is C22H24ClN3O4. The average Bonchev–Trinajstić information content (AvgIpc) is 3.07. The lowest BCUT2D eigenvalue weighted by atomic mass is 9.98. The smallest absolute Gasteiger partial charge is 0.411 e. The predicted octanol–water partition coefficient (Wildman–Crippen LogP) is 3.93. The highest BCUT2D eigenvalue weighted by atomic mass is 35.5. The van der Waals surface area contributed by atoms with Crippen molar-refractivity contribution in [3.63, 3.8) is 0 Å². The van der Waals surface area contributed by atoms with Gasteiger partial charge in [-0.2, -0.15) is 0 Å². The van der Waals surface area contributed by atoms with Gasteiger partial charge < -0.3 is 14.4 Å². The molecule has 0 bridgehead atoms. The van der Waals surface area contributed by atoms with E-state index < -0.39 is 0 Å². The number of hydrogen-bond donors (Lipinski definition) is 0. The van der Waals surface area contributed by atoms with Crippen LogP contribution < -0.4 is 4.74 Å². The number of carbonyl (C=O) groups is 2. The Kier molecular flexibility index (Phi) is 5.81. The molecule has 4 rings (SSSR count). The van der Waals surface area contributed by atoms with Crippen molar-refractivity contribution in [2.45, 2.75) is 38.0 Å². The third-order valence-corrected chi connectivity index (χ3v) is 6.01. The SMILES string of the molecule is COc1cc(C(=O)N2CCC(N3C(=O)OC(c4ccccc4)C3C)CC2)cc(Cl)n1. The molecule has 3 heterocycles. The van der Waals surface area contributed by atoms with E-state index in [0.717, 1.165) is 5.56 Å². The Morgan fingerprint density at radius 3 is 2.57 bits per heavy atom. The number of benzene rings is 1. The van der Waals surface area contributed by atoms with E-state index in [9.17, 15) is 9.59 Å². The normalized spacial score (nSPS) is 22.2. The summed E-state index contributed by atoms with van der Waals surface area (Å²) < 4.78 is 10.8.